The summed E-state index contributed by atoms with van der Waals surface area (Å²) in [7, 11) is 1.34. The van der Waals surface area contributed by atoms with Crippen molar-refractivity contribution in [2.75, 3.05) is 20.3 Å². The van der Waals surface area contributed by atoms with Crippen molar-refractivity contribution >= 4 is 5.97 Å². The van der Waals surface area contributed by atoms with E-state index >= 15 is 0 Å². The monoisotopic (exact) mass is 212 g/mol. The zero-order valence-electron chi connectivity index (χ0n) is 9.06. The number of allylic oxidation sites excluding steroid dienone is 2. The molecule has 0 aromatic carbocycles. The lowest BCUT2D eigenvalue weighted by Gasteiger charge is -2.19. The van der Waals surface area contributed by atoms with E-state index in [-0.39, 0.29) is 5.97 Å². The van der Waals surface area contributed by atoms with Gasteiger partial charge in [-0.15, -0.1) is 0 Å². The van der Waals surface area contributed by atoms with E-state index < -0.39 is 5.79 Å². The molecule has 0 aromatic rings. The van der Waals surface area contributed by atoms with Crippen molar-refractivity contribution in [3.63, 3.8) is 0 Å². The number of ether oxygens (including phenoxy) is 3. The lowest BCUT2D eigenvalue weighted by molar-refractivity contribution is -0.138. The molecule has 15 heavy (non-hydrogen) atoms. The zero-order valence-corrected chi connectivity index (χ0v) is 9.06. The Labute approximate surface area is 89.5 Å². The highest BCUT2D eigenvalue weighted by Crippen LogP contribution is 2.22. The zero-order chi connectivity index (χ0) is 11.1. The first-order chi connectivity index (χ1) is 7.16. The van der Waals surface area contributed by atoms with Crippen LogP contribution in [0.15, 0.2) is 24.3 Å². The predicted octanol–water partition coefficient (Wildman–Crippen LogP) is 1.42. The Bertz CT molecular complexity index is 262. The maximum atomic E-state index is 10.7. The topological polar surface area (TPSA) is 44.8 Å². The Hall–Kier alpha value is -1.13. The average Bonchev–Trinajstić information content (AvgIpc) is 2.64. The van der Waals surface area contributed by atoms with E-state index in [0.29, 0.717) is 19.6 Å². The van der Waals surface area contributed by atoms with Gasteiger partial charge in [-0.2, -0.15) is 0 Å². The van der Waals surface area contributed by atoms with Crippen LogP contribution in [0.5, 0.6) is 0 Å². The number of hydrogen-bond donors (Lipinski definition) is 0. The van der Waals surface area contributed by atoms with Crippen LogP contribution < -0.4 is 0 Å². The third-order valence-corrected chi connectivity index (χ3v) is 2.07. The largest absolute Gasteiger partial charge is 0.466 e. The Morgan fingerprint density at radius 1 is 1.40 bits per heavy atom. The van der Waals surface area contributed by atoms with Gasteiger partial charge in [0.15, 0.2) is 5.79 Å². The quantitative estimate of drug-likeness (QED) is 0.401. The molecule has 0 radical (unpaired) electrons. The first-order valence-corrected chi connectivity index (χ1v) is 4.85. The van der Waals surface area contributed by atoms with Crippen LogP contribution in [-0.4, -0.2) is 32.1 Å². The average molecular weight is 212 g/mol. The van der Waals surface area contributed by atoms with Gasteiger partial charge in [-0.25, -0.2) is 4.79 Å². The summed E-state index contributed by atoms with van der Waals surface area (Å²) in [6.07, 6.45) is 7.32. The van der Waals surface area contributed by atoms with Gasteiger partial charge >= 0.3 is 5.97 Å². The minimum absolute atomic E-state index is 0.362. The van der Waals surface area contributed by atoms with Crippen molar-refractivity contribution in [3.05, 3.63) is 24.3 Å². The summed E-state index contributed by atoms with van der Waals surface area (Å²) in [5, 5.41) is 0. The predicted molar refractivity (Wildman–Crippen MR) is 55.2 cm³/mol. The van der Waals surface area contributed by atoms with Crippen LogP contribution in [0.1, 0.15) is 13.3 Å². The van der Waals surface area contributed by atoms with Gasteiger partial charge in [0.1, 0.15) is 0 Å². The van der Waals surface area contributed by atoms with Crippen LogP contribution >= 0.6 is 0 Å². The molecule has 0 bridgehead atoms. The van der Waals surface area contributed by atoms with Gasteiger partial charge in [0, 0.05) is 12.5 Å². The van der Waals surface area contributed by atoms with Crippen LogP contribution in [0.3, 0.4) is 0 Å². The van der Waals surface area contributed by atoms with Crippen molar-refractivity contribution in [2.24, 2.45) is 0 Å². The van der Waals surface area contributed by atoms with Gasteiger partial charge in [-0.1, -0.05) is 18.2 Å². The molecule has 0 unspecified atom stereocenters. The number of methoxy groups -OCH3 is 1. The van der Waals surface area contributed by atoms with Gasteiger partial charge in [-0.3, -0.25) is 0 Å². The van der Waals surface area contributed by atoms with Crippen LogP contribution in [0.2, 0.25) is 0 Å². The molecule has 1 rings (SSSR count). The van der Waals surface area contributed by atoms with Gasteiger partial charge in [0.25, 0.3) is 0 Å². The Balaban J connectivity index is 2.27. The third kappa shape index (κ3) is 4.27. The van der Waals surface area contributed by atoms with Gasteiger partial charge < -0.3 is 14.2 Å². The Morgan fingerprint density at radius 2 is 2.07 bits per heavy atom. The molecule has 0 aromatic heterocycles. The molecule has 0 atom stereocenters. The van der Waals surface area contributed by atoms with E-state index in [1.165, 1.54) is 13.2 Å². The highest BCUT2D eigenvalue weighted by molar-refractivity contribution is 5.82. The van der Waals surface area contributed by atoms with Crippen molar-refractivity contribution in [1.29, 1.82) is 0 Å². The second-order valence-corrected chi connectivity index (χ2v) is 3.35. The SMILES string of the molecule is COC(=O)/C=C/C=C/CC1(C)OCCO1. The molecule has 4 heteroatoms. The molecular formula is C11H16O4. The second-order valence-electron chi connectivity index (χ2n) is 3.35. The number of hydrogen-bond acceptors (Lipinski definition) is 4. The summed E-state index contributed by atoms with van der Waals surface area (Å²) in [6.45, 7) is 3.18. The summed E-state index contributed by atoms with van der Waals surface area (Å²) in [5.41, 5.74) is 0. The number of rotatable bonds is 4. The van der Waals surface area contributed by atoms with E-state index in [2.05, 4.69) is 4.74 Å². The molecular weight excluding hydrogens is 196 g/mol. The fourth-order valence-electron chi connectivity index (χ4n) is 1.24. The Morgan fingerprint density at radius 3 is 2.67 bits per heavy atom. The van der Waals surface area contributed by atoms with Crippen molar-refractivity contribution in [2.45, 2.75) is 19.1 Å². The highest BCUT2D eigenvalue weighted by atomic mass is 16.7. The van der Waals surface area contributed by atoms with Crippen LogP contribution in [-0.2, 0) is 19.0 Å². The van der Waals surface area contributed by atoms with Crippen molar-refractivity contribution in [3.8, 4) is 0 Å². The standard InChI is InChI=1S/C11H16O4/c1-11(14-8-9-15-11)7-5-3-4-6-10(12)13-2/h3-6H,7-9H2,1-2H3/b5-3+,6-4+. The third-order valence-electron chi connectivity index (χ3n) is 2.07. The van der Waals surface area contributed by atoms with Crippen LogP contribution in [0.25, 0.3) is 0 Å². The van der Waals surface area contributed by atoms with E-state index in [0.717, 1.165) is 0 Å². The fraction of sp³-hybridized carbons (Fsp3) is 0.545. The minimum Gasteiger partial charge on any atom is -0.466 e. The molecule has 84 valence electrons. The molecule has 1 saturated heterocycles. The van der Waals surface area contributed by atoms with Gasteiger partial charge in [-0.05, 0) is 6.92 Å². The summed E-state index contributed by atoms with van der Waals surface area (Å²) in [5.74, 6) is -0.866. The van der Waals surface area contributed by atoms with E-state index in [1.54, 1.807) is 12.2 Å². The molecule has 0 spiro atoms. The fourth-order valence-corrected chi connectivity index (χ4v) is 1.24. The number of carbonyl (C=O) groups excluding carboxylic acids is 1. The maximum Gasteiger partial charge on any atom is 0.330 e. The van der Waals surface area contributed by atoms with E-state index in [4.69, 9.17) is 9.47 Å². The highest BCUT2D eigenvalue weighted by Gasteiger charge is 2.28. The van der Waals surface area contributed by atoms with Crippen LogP contribution in [0, 0.1) is 0 Å². The summed E-state index contributed by atoms with van der Waals surface area (Å²) >= 11 is 0. The molecule has 0 aliphatic carbocycles. The summed E-state index contributed by atoms with van der Waals surface area (Å²) in [6, 6.07) is 0. The molecule has 0 N–H and O–H groups in total. The minimum atomic E-state index is -0.504. The number of esters is 1. The van der Waals surface area contributed by atoms with E-state index in [9.17, 15) is 4.79 Å². The van der Waals surface area contributed by atoms with Gasteiger partial charge in [0.2, 0.25) is 0 Å². The molecule has 4 nitrogen and oxygen atoms in total. The molecule has 0 saturated carbocycles. The van der Waals surface area contributed by atoms with Crippen LogP contribution in [0.4, 0.5) is 0 Å². The molecule has 1 aliphatic rings. The first kappa shape index (κ1) is 11.9. The summed E-state index contributed by atoms with van der Waals surface area (Å²) in [4.78, 5) is 10.7. The molecule has 1 heterocycles. The summed E-state index contributed by atoms with van der Waals surface area (Å²) < 4.78 is 15.2. The van der Waals surface area contributed by atoms with Crippen molar-refractivity contribution < 1.29 is 19.0 Å². The Kier molecular flexibility index (Phi) is 4.52. The van der Waals surface area contributed by atoms with Crippen molar-refractivity contribution in [1.82, 2.24) is 0 Å². The second kappa shape index (κ2) is 5.68. The normalized spacial score (nSPS) is 20.1. The number of carbonyl (C=O) groups is 1. The van der Waals surface area contributed by atoms with E-state index in [1.807, 2.05) is 13.0 Å². The first-order valence-electron chi connectivity index (χ1n) is 4.85. The molecule has 1 fully saturated rings. The molecule has 1 aliphatic heterocycles. The maximum absolute atomic E-state index is 10.7. The lowest BCUT2D eigenvalue weighted by atomic mass is 10.2. The molecule has 0 amide bonds. The smallest absolute Gasteiger partial charge is 0.330 e. The van der Waals surface area contributed by atoms with Gasteiger partial charge in [0.05, 0.1) is 20.3 Å². The lowest BCUT2D eigenvalue weighted by Crippen LogP contribution is -2.24.